The summed E-state index contributed by atoms with van der Waals surface area (Å²) < 4.78 is 0. The van der Waals surface area contributed by atoms with E-state index >= 15 is 0 Å². The van der Waals surface area contributed by atoms with Gasteiger partial charge in [-0.05, 0) is 99.0 Å². The van der Waals surface area contributed by atoms with Gasteiger partial charge in [0.25, 0.3) is 0 Å². The maximum atomic E-state index is 6.87. The maximum Gasteiger partial charge on any atom is 0.0386 e. The van der Waals surface area contributed by atoms with Crippen LogP contribution in [0.3, 0.4) is 0 Å². The monoisotopic (exact) mass is 596 g/mol. The molecule has 0 spiro atoms. The Hall–Kier alpha value is -4.70. The minimum absolute atomic E-state index is 0.118. The largest absolute Gasteiger partial charge is 0.398 e. The molecular weight excluding hydrogens is 548 g/mol. The fourth-order valence-electron chi connectivity index (χ4n) is 7.20. The quantitative estimate of drug-likeness (QED) is 0.167. The number of aryl methyl sites for hydroxylation is 7. The van der Waals surface area contributed by atoms with Gasteiger partial charge in [-0.25, -0.2) is 0 Å². The average Bonchev–Trinajstić information content (AvgIpc) is 3.16. The minimum atomic E-state index is -0.457. The smallest absolute Gasteiger partial charge is 0.0386 e. The van der Waals surface area contributed by atoms with Gasteiger partial charge >= 0.3 is 0 Å². The fourth-order valence-corrected chi connectivity index (χ4v) is 7.20. The third-order valence-corrected chi connectivity index (χ3v) is 9.51. The van der Waals surface area contributed by atoms with Crippen molar-refractivity contribution in [2.45, 2.75) is 67.2 Å². The normalized spacial score (nSPS) is 17.0. The van der Waals surface area contributed by atoms with Crippen LogP contribution in [0.5, 0.6) is 0 Å². The van der Waals surface area contributed by atoms with Crippen molar-refractivity contribution >= 4 is 22.7 Å². The Labute approximate surface area is 269 Å². The second-order valence-electron chi connectivity index (χ2n) is 13.5. The summed E-state index contributed by atoms with van der Waals surface area (Å²) in [6.45, 7) is 17.0. The summed E-state index contributed by atoms with van der Waals surface area (Å²) in [6, 6.07) is 19.3. The molecule has 1 aliphatic carbocycles. The first kappa shape index (κ1) is 31.7. The van der Waals surface area contributed by atoms with E-state index in [2.05, 4.69) is 134 Å². The second kappa shape index (κ2) is 12.0. The molecule has 4 heteroatoms. The average molecular weight is 597 g/mol. The Bertz CT molecular complexity index is 1830. The molecule has 0 fully saturated rings. The van der Waals surface area contributed by atoms with Crippen molar-refractivity contribution in [1.29, 1.82) is 0 Å². The molecule has 8 N–H and O–H groups in total. The summed E-state index contributed by atoms with van der Waals surface area (Å²) in [5.41, 5.74) is 43.3. The lowest BCUT2D eigenvalue weighted by Gasteiger charge is -2.36. The third-order valence-electron chi connectivity index (χ3n) is 9.51. The van der Waals surface area contributed by atoms with Crippen LogP contribution in [-0.2, 0) is 0 Å². The summed E-state index contributed by atoms with van der Waals surface area (Å²) in [6.07, 6.45) is 11.3. The zero-order valence-electron chi connectivity index (χ0n) is 28.0. The standard InChI is InChI=1S/C41H48N4/c1-23-11-12-35(42)31(19-23)37(34-22-26(4)18-29(7)40(34)45)41(8)14-9-10-30(13-15-41)36(32-20-24(2)16-27(5)38(32)43)33-21-25(3)17-28(6)39(33)44/h9-22,36-37H,42-45H2,1-8H3. The molecule has 4 aromatic rings. The first-order chi connectivity index (χ1) is 21.2. The van der Waals surface area contributed by atoms with Crippen LogP contribution >= 0.6 is 0 Å². The van der Waals surface area contributed by atoms with Crippen LogP contribution < -0.4 is 22.9 Å². The van der Waals surface area contributed by atoms with E-state index in [1.165, 1.54) is 16.7 Å². The van der Waals surface area contributed by atoms with Crippen LogP contribution in [0.4, 0.5) is 22.7 Å². The first-order valence-electron chi connectivity index (χ1n) is 15.7. The number of nitrogen functional groups attached to an aromatic ring is 4. The number of nitrogens with two attached hydrogens (primary N) is 4. The number of rotatable bonds is 6. The Morgan fingerprint density at radius 2 is 1.00 bits per heavy atom. The van der Waals surface area contributed by atoms with Gasteiger partial charge in [0.05, 0.1) is 0 Å². The molecule has 4 aromatic carbocycles. The number of benzene rings is 4. The molecule has 5 rings (SSSR count). The van der Waals surface area contributed by atoms with Gasteiger partial charge in [0.2, 0.25) is 0 Å². The summed E-state index contributed by atoms with van der Waals surface area (Å²) in [5.74, 6) is -0.272. The summed E-state index contributed by atoms with van der Waals surface area (Å²) in [4.78, 5) is 0. The molecule has 0 saturated carbocycles. The predicted octanol–water partition coefficient (Wildman–Crippen LogP) is 9.20. The zero-order chi connectivity index (χ0) is 32.8. The Morgan fingerprint density at radius 1 is 0.533 bits per heavy atom. The molecule has 0 radical (unpaired) electrons. The molecule has 45 heavy (non-hydrogen) atoms. The molecule has 232 valence electrons. The van der Waals surface area contributed by atoms with E-state index in [-0.39, 0.29) is 11.8 Å². The Balaban J connectivity index is 1.74. The summed E-state index contributed by atoms with van der Waals surface area (Å²) >= 11 is 0. The van der Waals surface area contributed by atoms with Crippen LogP contribution in [0.1, 0.15) is 80.0 Å². The highest BCUT2D eigenvalue weighted by atomic mass is 14.6. The molecule has 0 amide bonds. The van der Waals surface area contributed by atoms with Gasteiger partial charge in [0.1, 0.15) is 0 Å². The molecule has 2 unspecified atom stereocenters. The molecule has 4 nitrogen and oxygen atoms in total. The van der Waals surface area contributed by atoms with Crippen molar-refractivity contribution in [1.82, 2.24) is 0 Å². The van der Waals surface area contributed by atoms with Gasteiger partial charge in [-0.3, -0.25) is 0 Å². The van der Waals surface area contributed by atoms with Crippen LogP contribution in [0.25, 0.3) is 0 Å². The van der Waals surface area contributed by atoms with Crippen LogP contribution in [0.15, 0.2) is 90.6 Å². The minimum Gasteiger partial charge on any atom is -0.398 e. The van der Waals surface area contributed by atoms with Crippen LogP contribution in [0.2, 0.25) is 0 Å². The highest BCUT2D eigenvalue weighted by molar-refractivity contribution is 5.69. The molecule has 1 aliphatic rings. The van der Waals surface area contributed by atoms with Crippen molar-refractivity contribution in [2.24, 2.45) is 5.41 Å². The Morgan fingerprint density at radius 3 is 1.53 bits per heavy atom. The van der Waals surface area contributed by atoms with E-state index in [1.54, 1.807) is 0 Å². The van der Waals surface area contributed by atoms with E-state index in [4.69, 9.17) is 22.9 Å². The molecule has 0 bridgehead atoms. The fraction of sp³-hybridized carbons (Fsp3) is 0.268. The Kier molecular flexibility index (Phi) is 8.46. The van der Waals surface area contributed by atoms with Crippen molar-refractivity contribution in [2.75, 3.05) is 22.9 Å². The highest BCUT2D eigenvalue weighted by Crippen LogP contribution is 2.50. The molecule has 0 aliphatic heterocycles. The lowest BCUT2D eigenvalue weighted by Crippen LogP contribution is -2.25. The SMILES string of the molecule is Cc1cc(C)c(N)c(C(C2=CC=CC(C)(C(c3cc(C)ccc3N)c3cc(C)cc(C)c3N)C=C2)c2cc(C)cc(C)c2N)c1. The molecule has 2 atom stereocenters. The van der Waals surface area contributed by atoms with Crippen molar-refractivity contribution < 1.29 is 0 Å². The van der Waals surface area contributed by atoms with Gasteiger partial charge in [-0.15, -0.1) is 0 Å². The number of hydrogen-bond donors (Lipinski definition) is 4. The molecule has 0 heterocycles. The van der Waals surface area contributed by atoms with E-state index < -0.39 is 5.41 Å². The number of hydrogen-bond acceptors (Lipinski definition) is 4. The van der Waals surface area contributed by atoms with Crippen molar-refractivity contribution in [3.63, 3.8) is 0 Å². The topological polar surface area (TPSA) is 104 Å². The van der Waals surface area contributed by atoms with Gasteiger partial charge < -0.3 is 22.9 Å². The molecule has 0 saturated heterocycles. The van der Waals surface area contributed by atoms with E-state index in [0.717, 1.165) is 72.8 Å². The third kappa shape index (κ3) is 6.02. The molecule has 0 aromatic heterocycles. The van der Waals surface area contributed by atoms with Crippen molar-refractivity contribution in [3.05, 3.63) is 152 Å². The van der Waals surface area contributed by atoms with E-state index in [0.29, 0.717) is 0 Å². The second-order valence-corrected chi connectivity index (χ2v) is 13.5. The van der Waals surface area contributed by atoms with Gasteiger partial charge in [0, 0.05) is 40.0 Å². The van der Waals surface area contributed by atoms with Gasteiger partial charge in [-0.1, -0.05) is 108 Å². The number of anilines is 4. The maximum absolute atomic E-state index is 6.87. The number of allylic oxidation sites excluding steroid dienone is 6. The lowest BCUT2D eigenvalue weighted by atomic mass is 9.68. The van der Waals surface area contributed by atoms with Gasteiger partial charge in [-0.2, -0.15) is 0 Å². The lowest BCUT2D eigenvalue weighted by molar-refractivity contribution is 0.479. The molecular formula is C41H48N4. The summed E-state index contributed by atoms with van der Waals surface area (Å²) in [7, 11) is 0. The van der Waals surface area contributed by atoms with E-state index in [9.17, 15) is 0 Å². The van der Waals surface area contributed by atoms with Gasteiger partial charge in [0.15, 0.2) is 0 Å². The van der Waals surface area contributed by atoms with Crippen molar-refractivity contribution in [3.8, 4) is 0 Å². The highest BCUT2D eigenvalue weighted by Gasteiger charge is 2.36. The van der Waals surface area contributed by atoms with E-state index in [1.807, 2.05) is 6.07 Å². The predicted molar refractivity (Wildman–Crippen MR) is 195 cm³/mol. The summed E-state index contributed by atoms with van der Waals surface area (Å²) in [5, 5.41) is 0. The van der Waals surface area contributed by atoms with Crippen LogP contribution in [0, 0.1) is 53.9 Å². The zero-order valence-corrected chi connectivity index (χ0v) is 28.0. The first-order valence-corrected chi connectivity index (χ1v) is 15.7. The van der Waals surface area contributed by atoms with Crippen LogP contribution in [-0.4, -0.2) is 0 Å².